The molecule has 13 heavy (non-hydrogen) atoms. The molecular weight excluding hydrogens is 205 g/mol. The Morgan fingerprint density at radius 3 is 2.38 bits per heavy atom. The number of para-hydroxylation sites is 1. The summed E-state index contributed by atoms with van der Waals surface area (Å²) in [5.74, 6) is 0.0430. The molecule has 5 heteroatoms. The molecule has 0 aromatic heterocycles. The number of benzene rings is 1. The zero-order valence-corrected chi connectivity index (χ0v) is 7.19. The summed E-state index contributed by atoms with van der Waals surface area (Å²) in [6.07, 6.45) is -4.33. The van der Waals surface area contributed by atoms with E-state index in [1.807, 2.05) is 0 Å². The van der Waals surface area contributed by atoms with Crippen LogP contribution in [0.5, 0.6) is 5.75 Å². The normalized spacial score (nSPS) is 11.4. The molecule has 0 heterocycles. The van der Waals surface area contributed by atoms with Crippen molar-refractivity contribution in [2.45, 2.75) is 6.18 Å². The molecule has 0 spiro atoms. The number of hydrogen-bond donors (Lipinski definition) is 0. The van der Waals surface area contributed by atoms with Gasteiger partial charge in [0.05, 0.1) is 5.02 Å². The van der Waals surface area contributed by atoms with Crippen molar-refractivity contribution in [3.63, 3.8) is 0 Å². The lowest BCUT2D eigenvalue weighted by molar-refractivity contribution is -0.153. The summed E-state index contributed by atoms with van der Waals surface area (Å²) in [6, 6.07) is 6.02. The van der Waals surface area contributed by atoms with Crippen LogP contribution in [-0.4, -0.2) is 12.8 Å². The van der Waals surface area contributed by atoms with E-state index in [1.54, 1.807) is 12.1 Å². The Morgan fingerprint density at radius 2 is 1.85 bits per heavy atom. The minimum Gasteiger partial charge on any atom is -0.483 e. The van der Waals surface area contributed by atoms with Crippen molar-refractivity contribution in [1.82, 2.24) is 0 Å². The molecule has 0 saturated carbocycles. The summed E-state index contributed by atoms with van der Waals surface area (Å²) in [5, 5.41) is 0.173. The first-order valence-electron chi connectivity index (χ1n) is 3.43. The molecule has 0 saturated heterocycles. The third-order valence-electron chi connectivity index (χ3n) is 1.23. The van der Waals surface area contributed by atoms with Crippen LogP contribution < -0.4 is 4.74 Å². The predicted octanol–water partition coefficient (Wildman–Crippen LogP) is 3.28. The lowest BCUT2D eigenvalue weighted by Crippen LogP contribution is -2.19. The van der Waals surface area contributed by atoms with Crippen LogP contribution in [0.3, 0.4) is 0 Å². The first-order valence-corrected chi connectivity index (χ1v) is 3.81. The van der Waals surface area contributed by atoms with Gasteiger partial charge in [-0.3, -0.25) is 0 Å². The molecule has 0 N–H and O–H groups in total. The largest absolute Gasteiger partial charge is 0.483 e. The van der Waals surface area contributed by atoms with Crippen molar-refractivity contribution in [1.29, 1.82) is 0 Å². The van der Waals surface area contributed by atoms with Gasteiger partial charge in [-0.25, -0.2) is 0 Å². The lowest BCUT2D eigenvalue weighted by atomic mass is 10.3. The molecule has 0 aliphatic carbocycles. The molecule has 1 rings (SSSR count). The van der Waals surface area contributed by atoms with E-state index in [9.17, 15) is 13.2 Å². The molecule has 0 unspecified atom stereocenters. The summed E-state index contributed by atoms with van der Waals surface area (Å²) in [6.45, 7) is -1.32. The summed E-state index contributed by atoms with van der Waals surface area (Å²) < 4.78 is 39.6. The first kappa shape index (κ1) is 10.2. The van der Waals surface area contributed by atoms with Gasteiger partial charge < -0.3 is 4.74 Å². The maximum atomic E-state index is 11.7. The highest BCUT2D eigenvalue weighted by Crippen LogP contribution is 2.25. The van der Waals surface area contributed by atoms with Crippen LogP contribution in [-0.2, 0) is 0 Å². The van der Waals surface area contributed by atoms with Crippen LogP contribution in [0.15, 0.2) is 24.3 Å². The number of hydrogen-bond acceptors (Lipinski definition) is 1. The van der Waals surface area contributed by atoms with Crippen molar-refractivity contribution in [3.8, 4) is 5.75 Å². The van der Waals surface area contributed by atoms with E-state index in [4.69, 9.17) is 11.6 Å². The molecule has 0 aliphatic rings. The quantitative estimate of drug-likeness (QED) is 0.728. The number of halogens is 4. The topological polar surface area (TPSA) is 9.23 Å². The van der Waals surface area contributed by atoms with E-state index in [1.165, 1.54) is 12.1 Å². The van der Waals surface area contributed by atoms with Gasteiger partial charge in [0.2, 0.25) is 0 Å². The van der Waals surface area contributed by atoms with Gasteiger partial charge >= 0.3 is 6.18 Å². The molecule has 1 nitrogen and oxygen atoms in total. The average molecular weight is 211 g/mol. The molecular formula is C8H6ClF3O. The maximum absolute atomic E-state index is 11.7. The Hall–Kier alpha value is -0.900. The van der Waals surface area contributed by atoms with Crippen molar-refractivity contribution in [3.05, 3.63) is 29.3 Å². The lowest BCUT2D eigenvalue weighted by Gasteiger charge is -2.09. The van der Waals surface area contributed by atoms with Crippen molar-refractivity contribution in [2.75, 3.05) is 6.61 Å². The van der Waals surface area contributed by atoms with Crippen LogP contribution in [0.4, 0.5) is 13.2 Å². The Labute approximate surface area is 78.1 Å². The zero-order chi connectivity index (χ0) is 9.90. The minimum atomic E-state index is -4.33. The Balaban J connectivity index is 2.60. The molecule has 0 atom stereocenters. The average Bonchev–Trinajstić information content (AvgIpc) is 2.01. The second kappa shape index (κ2) is 3.87. The Kier molecular flexibility index (Phi) is 3.03. The second-order valence-electron chi connectivity index (χ2n) is 2.33. The van der Waals surface area contributed by atoms with Crippen molar-refractivity contribution in [2.24, 2.45) is 0 Å². The Bertz CT molecular complexity index is 285. The summed E-state index contributed by atoms with van der Waals surface area (Å²) >= 11 is 5.56. The van der Waals surface area contributed by atoms with E-state index < -0.39 is 12.8 Å². The third-order valence-corrected chi connectivity index (χ3v) is 1.54. The van der Waals surface area contributed by atoms with Gasteiger partial charge in [-0.2, -0.15) is 13.2 Å². The fraction of sp³-hybridized carbons (Fsp3) is 0.250. The molecule has 72 valence electrons. The fourth-order valence-electron chi connectivity index (χ4n) is 0.721. The van der Waals surface area contributed by atoms with Gasteiger partial charge in [0.1, 0.15) is 5.75 Å². The summed E-state index contributed by atoms with van der Waals surface area (Å²) in [4.78, 5) is 0. The minimum absolute atomic E-state index is 0.0430. The maximum Gasteiger partial charge on any atom is 0.422 e. The van der Waals surface area contributed by atoms with Gasteiger partial charge in [-0.1, -0.05) is 23.7 Å². The van der Waals surface area contributed by atoms with E-state index >= 15 is 0 Å². The van der Waals surface area contributed by atoms with Crippen LogP contribution in [0, 0.1) is 0 Å². The third kappa shape index (κ3) is 3.55. The highest BCUT2D eigenvalue weighted by molar-refractivity contribution is 6.32. The van der Waals surface area contributed by atoms with E-state index in [-0.39, 0.29) is 10.8 Å². The molecule has 0 aliphatic heterocycles. The molecule has 1 aromatic carbocycles. The van der Waals surface area contributed by atoms with Crippen molar-refractivity contribution < 1.29 is 17.9 Å². The highest BCUT2D eigenvalue weighted by atomic mass is 35.5. The summed E-state index contributed by atoms with van der Waals surface area (Å²) in [5.41, 5.74) is 0. The van der Waals surface area contributed by atoms with Crippen LogP contribution >= 0.6 is 11.6 Å². The molecule has 1 aromatic rings. The first-order chi connectivity index (χ1) is 5.99. The standard InChI is InChI=1S/C8H6ClF3O/c9-6-3-1-2-4-7(6)13-5-8(10,11)12/h1-4H,5H2. The molecule has 0 amide bonds. The molecule has 0 fully saturated rings. The number of alkyl halides is 3. The molecule has 0 bridgehead atoms. The van der Waals surface area contributed by atoms with Gasteiger partial charge in [0.25, 0.3) is 0 Å². The zero-order valence-electron chi connectivity index (χ0n) is 6.44. The van der Waals surface area contributed by atoms with Gasteiger partial charge in [0.15, 0.2) is 6.61 Å². The van der Waals surface area contributed by atoms with Crippen LogP contribution in [0.1, 0.15) is 0 Å². The predicted molar refractivity (Wildman–Crippen MR) is 43.0 cm³/mol. The van der Waals surface area contributed by atoms with Gasteiger partial charge in [-0.15, -0.1) is 0 Å². The highest BCUT2D eigenvalue weighted by Gasteiger charge is 2.28. The van der Waals surface area contributed by atoms with E-state index in [0.717, 1.165) is 0 Å². The number of ether oxygens (including phenoxy) is 1. The fourth-order valence-corrected chi connectivity index (χ4v) is 0.912. The Morgan fingerprint density at radius 1 is 1.23 bits per heavy atom. The van der Waals surface area contributed by atoms with Crippen LogP contribution in [0.25, 0.3) is 0 Å². The van der Waals surface area contributed by atoms with E-state index in [0.29, 0.717) is 0 Å². The van der Waals surface area contributed by atoms with E-state index in [2.05, 4.69) is 4.74 Å². The monoisotopic (exact) mass is 210 g/mol. The van der Waals surface area contributed by atoms with Gasteiger partial charge in [0, 0.05) is 0 Å². The number of rotatable bonds is 2. The van der Waals surface area contributed by atoms with Crippen molar-refractivity contribution >= 4 is 11.6 Å². The smallest absolute Gasteiger partial charge is 0.422 e. The summed E-state index contributed by atoms with van der Waals surface area (Å²) in [7, 11) is 0. The second-order valence-corrected chi connectivity index (χ2v) is 2.74. The SMILES string of the molecule is FC(F)(F)COc1ccccc1Cl. The van der Waals surface area contributed by atoms with Crippen LogP contribution in [0.2, 0.25) is 5.02 Å². The molecule has 0 radical (unpaired) electrons. The van der Waals surface area contributed by atoms with Gasteiger partial charge in [-0.05, 0) is 12.1 Å².